The molecule has 8 bridgehead atoms. The standard InChI is InChI=1S/2C24H15FIOS.C18H12FS.2C17H20F6O4.C6H4FIO.C6H15N.CH4.2ClH/c2*25-21-15-16(26)9-14-22(21)27-17-10-12-18(13-11-17)28-23-7-3-1-5-19(23)20-6-2-4-8-24(20)28;19-13-9-11-14(12-10-13)20-17-7-3-1-5-15(17)16-6-2-4-8-18(16)20;2*1-14(18,19)13(24)27-12-9-2-8-3-10(5-9)17(11(12)4-8)25-6-15(20,21)16(22,23)7-26-17;7-5-3-4(8)1-2-6(5)9;1-4-7(5-2)6-3;;;/h2*1-15H;1-12H;2*8-12H,2-7H2,1H3;1-3,9H;4-6H2,1-3H3;1H4;2*1H/q3*+1;;;;;;;/p-1. The number of ether oxygens (including phenoxy) is 8. The molecule has 8 saturated carbocycles. The van der Waals surface area contributed by atoms with Crippen LogP contribution in [0.4, 0.5) is 70.2 Å². The molecule has 25 rings (SSSR count). The van der Waals surface area contributed by atoms with Crippen molar-refractivity contribution in [2.75, 3.05) is 46.1 Å². The lowest BCUT2D eigenvalue weighted by Gasteiger charge is -2.61. The van der Waals surface area contributed by atoms with Gasteiger partial charge in [0, 0.05) is 137 Å². The molecule has 10 atom stereocenters. The van der Waals surface area contributed by atoms with Gasteiger partial charge >= 0.3 is 47.5 Å². The van der Waals surface area contributed by atoms with E-state index in [0.29, 0.717) is 76.7 Å². The van der Waals surface area contributed by atoms with Crippen LogP contribution in [0.1, 0.15) is 93.4 Å². The molecule has 15 aromatic rings. The fourth-order valence-corrected chi connectivity index (χ4v) is 29.9. The molecule has 5 heterocycles. The van der Waals surface area contributed by atoms with Crippen LogP contribution < -0.4 is 39.2 Å². The first-order valence-corrected chi connectivity index (χ1v) is 54.6. The quantitative estimate of drug-likeness (QED) is 0.0467. The fourth-order valence-electron chi connectivity index (χ4n) is 21.4. The number of carbonyl (C=O) groups is 2. The van der Waals surface area contributed by atoms with Gasteiger partial charge in [-0.25, -0.2) is 27.2 Å². The number of hydrogen-bond acceptors (Lipinski definition) is 11. The molecule has 0 amide bonds. The number of alkyl halides is 12. The van der Waals surface area contributed by atoms with Gasteiger partial charge in [0.15, 0.2) is 89.2 Å². The van der Waals surface area contributed by atoms with E-state index in [-0.39, 0.29) is 122 Å². The van der Waals surface area contributed by atoms with Crippen LogP contribution in [0, 0.1) is 81.3 Å². The second-order valence-corrected chi connectivity index (χ2v) is 47.4. The molecule has 149 heavy (non-hydrogen) atoms. The van der Waals surface area contributed by atoms with Crippen molar-refractivity contribution in [2.45, 2.75) is 153 Å². The highest BCUT2D eigenvalue weighted by Gasteiger charge is 2.72. The molecule has 10 fully saturated rings. The normalized spacial score (nSPS) is 21.8. The number of carbonyl (C=O) groups excluding carboxylic acids is 2. The maximum atomic E-state index is 14.1. The molecule has 2 saturated heterocycles. The van der Waals surface area contributed by atoms with E-state index in [9.17, 15) is 79.8 Å². The van der Waals surface area contributed by atoms with Crippen LogP contribution >= 0.6 is 99.2 Å². The third-order valence-electron chi connectivity index (χ3n) is 28.3. The molecule has 10 unspecified atom stereocenters. The Morgan fingerprint density at radius 2 is 0.644 bits per heavy atom. The average molecular weight is 2510 g/mol. The number of phenols is 1. The van der Waals surface area contributed by atoms with Gasteiger partial charge in [0.1, 0.15) is 56.0 Å². The van der Waals surface area contributed by atoms with Crippen LogP contribution in [-0.2, 0) is 38.0 Å². The van der Waals surface area contributed by atoms with E-state index in [0.717, 1.165) is 10.7 Å². The lowest BCUT2D eigenvalue weighted by molar-refractivity contribution is -0.894. The highest BCUT2D eigenvalue weighted by Crippen LogP contribution is 2.65. The number of nitrogens with one attached hydrogen (secondary N) is 1. The topological polar surface area (TPSA) is 133 Å². The first-order chi connectivity index (χ1) is 69.5. The van der Waals surface area contributed by atoms with Crippen LogP contribution in [0.2, 0.25) is 0 Å². The third kappa shape index (κ3) is 24.6. The number of phenolic OH excluding ortho intramolecular Hbond substituents is 1. The molecule has 2 N–H and O–H groups in total. The van der Waals surface area contributed by atoms with Gasteiger partial charge in [-0.3, -0.25) is 0 Å². The van der Waals surface area contributed by atoms with Gasteiger partial charge in [-0.15, -0.1) is 0 Å². The summed E-state index contributed by atoms with van der Waals surface area (Å²) in [5.74, 6) is -34.7. The predicted molar refractivity (Wildman–Crippen MR) is 569 cm³/mol. The molecule has 8 aliphatic carbocycles. The Kier molecular flexibility index (Phi) is 36.9. The molecule has 36 heteroatoms. The maximum Gasteiger partial charge on any atom is 0.376 e. The molecule has 2 spiro atoms. The van der Waals surface area contributed by atoms with Crippen LogP contribution in [-0.4, -0.2) is 122 Å². The monoisotopic (exact) mass is 2500 g/mol. The Balaban J connectivity index is 0.000000141. The lowest BCUT2D eigenvalue weighted by atomic mass is 9.52. The number of quaternary nitrogens is 1. The molecule has 12 nitrogen and oxygen atoms in total. The second-order valence-electron chi connectivity index (χ2n) is 37.7. The minimum absolute atomic E-state index is 0. The minimum Gasteiger partial charge on any atom is -1.00 e. The molecule has 10 aliphatic rings. The summed E-state index contributed by atoms with van der Waals surface area (Å²) in [7, 11) is -0.382. The Morgan fingerprint density at radius 1 is 0.376 bits per heavy atom. The van der Waals surface area contributed by atoms with Gasteiger partial charge in [0.25, 0.3) is 0 Å². The molecule has 3 aromatic heterocycles. The zero-order chi connectivity index (χ0) is 104. The minimum atomic E-state index is -4.41. The van der Waals surface area contributed by atoms with Crippen LogP contribution in [0.5, 0.6) is 28.7 Å². The number of halogens is 21. The first-order valence-electron chi connectivity index (χ1n) is 47.7. The van der Waals surface area contributed by atoms with E-state index in [1.165, 1.54) is 119 Å². The molecule has 2 aliphatic heterocycles. The van der Waals surface area contributed by atoms with Crippen molar-refractivity contribution in [3.05, 3.63) is 307 Å². The Hall–Kier alpha value is -8.91. The van der Waals surface area contributed by atoms with Crippen molar-refractivity contribution in [1.29, 1.82) is 0 Å². The highest BCUT2D eigenvalue weighted by atomic mass is 127. The number of esters is 2. The highest BCUT2D eigenvalue weighted by molar-refractivity contribution is 14.1. The zero-order valence-electron chi connectivity index (χ0n) is 80.1. The first kappa shape index (κ1) is 116. The largest absolute Gasteiger partial charge is 1.00 e. The van der Waals surface area contributed by atoms with Crippen LogP contribution in [0.3, 0.4) is 0 Å². The summed E-state index contributed by atoms with van der Waals surface area (Å²) in [6.07, 6.45) is 1.70. The summed E-state index contributed by atoms with van der Waals surface area (Å²) in [5, 5.41) is 16.5. The number of benzene rings is 12. The number of aromatic hydroxyl groups is 1. The number of thiophene rings is 3. The van der Waals surface area contributed by atoms with E-state index in [1.807, 2.05) is 71.1 Å². The SMILES string of the molecule is C.CC(F)(F)C(=O)OC1C2CC3CC(C2)C2(OCC(F)(F)C(F)(F)CO2)C1C3.CC(F)(F)C(=O)OC1C2CC3CC(C2)C2(OCC(F)(F)C(F)(F)CO2)C1C3.CC[NH+](CC)CC.Fc1cc(I)ccc1Oc1ccc(-[s+]2c3ccccc3c3ccccc32)cc1.Fc1cc(I)ccc1Oc1ccc(-[s+]2c3ccccc3c3ccccc32)cc1.Fc1ccc(-[s+]2c3ccccc3c3ccccc32)cc1.Oc1ccc(I)cc1F.[Cl-].[Cl-]. The maximum absolute atomic E-state index is 14.1. The van der Waals surface area contributed by atoms with E-state index >= 15 is 0 Å². The summed E-state index contributed by atoms with van der Waals surface area (Å²) < 4.78 is 270. The number of rotatable bonds is 14. The van der Waals surface area contributed by atoms with Gasteiger partial charge in [0.2, 0.25) is 0 Å². The van der Waals surface area contributed by atoms with Crippen molar-refractivity contribution in [3.63, 3.8) is 0 Å². The fraction of sp³-hybridized carbons (Fsp3) is 0.345. The van der Waals surface area contributed by atoms with Crippen LogP contribution in [0.25, 0.3) is 75.2 Å². The Labute approximate surface area is 912 Å². The molecular weight excluding hydrogens is 2400 g/mol. The Bertz CT molecular complexity index is 6710. The zero-order valence-corrected chi connectivity index (χ0v) is 90.5. The van der Waals surface area contributed by atoms with Crippen molar-refractivity contribution in [2.24, 2.45) is 47.3 Å². The van der Waals surface area contributed by atoms with Crippen molar-refractivity contribution < 1.29 is 153 Å². The van der Waals surface area contributed by atoms with Gasteiger partial charge in [0.05, 0.1) is 31.5 Å². The predicted octanol–water partition coefficient (Wildman–Crippen LogP) is 26.4. The third-order valence-corrected chi connectivity index (χ3v) is 37.3. The van der Waals surface area contributed by atoms with Gasteiger partial charge in [-0.05, 0) is 327 Å². The smallest absolute Gasteiger partial charge is 0.376 e. The summed E-state index contributed by atoms with van der Waals surface area (Å²) in [6, 6.07) is 88.5. The molecule has 12 aromatic carbocycles. The second kappa shape index (κ2) is 47.6. The molecular formula is C113H106Cl2F16I3NO11S3+2. The van der Waals surface area contributed by atoms with Gasteiger partial charge in [-0.1, -0.05) is 80.2 Å². The number of fused-ring (bicyclic) bond motifs is 9. The van der Waals surface area contributed by atoms with E-state index in [4.69, 9.17) is 43.0 Å². The summed E-state index contributed by atoms with van der Waals surface area (Å²) >= 11 is 6.14. The summed E-state index contributed by atoms with van der Waals surface area (Å²) in [5.41, 5.74) is 0. The van der Waals surface area contributed by atoms with E-state index < -0.39 is 127 Å². The number of hydrogen-bond donors (Lipinski definition) is 2. The summed E-state index contributed by atoms with van der Waals surface area (Å²) in [4.78, 5) is 28.7. The van der Waals surface area contributed by atoms with Crippen molar-refractivity contribution in [3.8, 4) is 43.4 Å². The van der Waals surface area contributed by atoms with Gasteiger partial charge in [-0.2, -0.15) is 52.7 Å². The average Bonchev–Trinajstić information content (AvgIpc) is 1.44. The lowest BCUT2D eigenvalue weighted by Crippen LogP contribution is -3.11. The summed E-state index contributed by atoms with van der Waals surface area (Å²) in [6.45, 7) is 5.15. The van der Waals surface area contributed by atoms with Crippen molar-refractivity contribution in [1.82, 2.24) is 0 Å². The van der Waals surface area contributed by atoms with E-state index in [2.05, 4.69) is 236 Å². The molecule has 792 valence electrons. The Morgan fingerprint density at radius 3 is 0.899 bits per heavy atom. The van der Waals surface area contributed by atoms with Gasteiger partial charge < -0.3 is 72.7 Å². The van der Waals surface area contributed by atoms with Crippen LogP contribution in [0.15, 0.2) is 273 Å². The van der Waals surface area contributed by atoms with Crippen molar-refractivity contribution >= 4 is 172 Å². The molecule has 0 radical (unpaired) electrons. The van der Waals surface area contributed by atoms with E-state index in [1.54, 1.807) is 35.2 Å².